The molecule has 0 bridgehead atoms. The SMILES string of the molecule is c1ccc(CONCCN2CCCC2)cc1. The molecule has 0 unspecified atom stereocenters. The van der Waals surface area contributed by atoms with Crippen LogP contribution in [0.1, 0.15) is 18.4 Å². The topological polar surface area (TPSA) is 24.5 Å². The summed E-state index contributed by atoms with van der Waals surface area (Å²) in [5.74, 6) is 0. The third kappa shape index (κ3) is 3.93. The number of nitrogens with zero attached hydrogens (tertiary/aromatic N) is 1. The fraction of sp³-hybridized carbons (Fsp3) is 0.538. The molecule has 0 aromatic heterocycles. The first-order chi connectivity index (χ1) is 7.95. The van der Waals surface area contributed by atoms with Crippen LogP contribution in [0.15, 0.2) is 30.3 Å². The van der Waals surface area contributed by atoms with Crippen molar-refractivity contribution < 1.29 is 4.84 Å². The summed E-state index contributed by atoms with van der Waals surface area (Å²) < 4.78 is 0. The number of nitrogens with one attached hydrogen (secondary N) is 1. The smallest absolute Gasteiger partial charge is 0.0933 e. The van der Waals surface area contributed by atoms with E-state index in [0.29, 0.717) is 6.61 Å². The molecule has 0 amide bonds. The van der Waals surface area contributed by atoms with Gasteiger partial charge in [-0.1, -0.05) is 30.3 Å². The zero-order valence-corrected chi connectivity index (χ0v) is 9.69. The Labute approximate surface area is 97.4 Å². The van der Waals surface area contributed by atoms with Crippen molar-refractivity contribution in [3.05, 3.63) is 35.9 Å². The van der Waals surface area contributed by atoms with Gasteiger partial charge in [-0.05, 0) is 31.5 Å². The minimum absolute atomic E-state index is 0.640. The molecule has 0 spiro atoms. The molecule has 0 atom stereocenters. The number of hydrogen-bond acceptors (Lipinski definition) is 3. The first-order valence-corrected chi connectivity index (χ1v) is 6.06. The third-order valence-corrected chi connectivity index (χ3v) is 2.91. The fourth-order valence-electron chi connectivity index (χ4n) is 1.99. The van der Waals surface area contributed by atoms with E-state index in [1.54, 1.807) is 0 Å². The number of benzene rings is 1. The second-order valence-electron chi connectivity index (χ2n) is 4.22. The van der Waals surface area contributed by atoms with Crippen LogP contribution in [0, 0.1) is 0 Å². The third-order valence-electron chi connectivity index (χ3n) is 2.91. The molecule has 1 heterocycles. The highest BCUT2D eigenvalue weighted by Crippen LogP contribution is 2.05. The molecule has 3 heteroatoms. The zero-order chi connectivity index (χ0) is 11.1. The molecule has 1 aliphatic heterocycles. The second-order valence-corrected chi connectivity index (χ2v) is 4.22. The Morgan fingerprint density at radius 3 is 2.62 bits per heavy atom. The highest BCUT2D eigenvalue weighted by Gasteiger charge is 2.09. The van der Waals surface area contributed by atoms with Gasteiger partial charge in [-0.2, -0.15) is 0 Å². The van der Waals surface area contributed by atoms with Gasteiger partial charge in [0.1, 0.15) is 0 Å². The minimum atomic E-state index is 0.640. The van der Waals surface area contributed by atoms with E-state index >= 15 is 0 Å². The summed E-state index contributed by atoms with van der Waals surface area (Å²) in [6.07, 6.45) is 2.70. The lowest BCUT2D eigenvalue weighted by Gasteiger charge is -2.14. The summed E-state index contributed by atoms with van der Waals surface area (Å²) in [6, 6.07) is 10.2. The van der Waals surface area contributed by atoms with Crippen LogP contribution in [0.3, 0.4) is 0 Å². The summed E-state index contributed by atoms with van der Waals surface area (Å²) in [5.41, 5.74) is 4.22. The van der Waals surface area contributed by atoms with E-state index in [-0.39, 0.29) is 0 Å². The van der Waals surface area contributed by atoms with Crippen molar-refractivity contribution >= 4 is 0 Å². The summed E-state index contributed by atoms with van der Waals surface area (Å²) in [4.78, 5) is 7.87. The van der Waals surface area contributed by atoms with E-state index in [9.17, 15) is 0 Å². The maximum Gasteiger partial charge on any atom is 0.0933 e. The number of hydrogen-bond donors (Lipinski definition) is 1. The fourth-order valence-corrected chi connectivity index (χ4v) is 1.99. The van der Waals surface area contributed by atoms with Crippen LogP contribution in [0.25, 0.3) is 0 Å². The minimum Gasteiger partial charge on any atom is -0.302 e. The molecule has 1 aromatic rings. The van der Waals surface area contributed by atoms with Gasteiger partial charge in [-0.3, -0.25) is 4.84 Å². The van der Waals surface area contributed by atoms with Gasteiger partial charge in [-0.25, -0.2) is 5.48 Å². The number of rotatable bonds is 6. The van der Waals surface area contributed by atoms with Crippen molar-refractivity contribution in [1.82, 2.24) is 10.4 Å². The van der Waals surface area contributed by atoms with Gasteiger partial charge in [0.15, 0.2) is 0 Å². The summed E-state index contributed by atoms with van der Waals surface area (Å²) >= 11 is 0. The van der Waals surface area contributed by atoms with Crippen molar-refractivity contribution in [1.29, 1.82) is 0 Å². The van der Waals surface area contributed by atoms with Crippen LogP contribution < -0.4 is 5.48 Å². The molecule has 0 saturated carbocycles. The van der Waals surface area contributed by atoms with Crippen molar-refractivity contribution in [2.75, 3.05) is 26.2 Å². The van der Waals surface area contributed by atoms with Crippen molar-refractivity contribution in [3.8, 4) is 0 Å². The van der Waals surface area contributed by atoms with Crippen LogP contribution in [0.4, 0.5) is 0 Å². The lowest BCUT2D eigenvalue weighted by atomic mass is 10.2. The highest BCUT2D eigenvalue weighted by molar-refractivity contribution is 5.13. The Morgan fingerprint density at radius 1 is 1.12 bits per heavy atom. The standard InChI is InChI=1S/C13H20N2O/c1-2-6-13(7-3-1)12-16-14-8-11-15-9-4-5-10-15/h1-3,6-7,14H,4-5,8-12H2. The first kappa shape index (κ1) is 11.6. The summed E-state index contributed by atoms with van der Waals surface area (Å²) in [5, 5.41) is 0. The number of likely N-dealkylation sites (tertiary alicyclic amines) is 1. The average Bonchev–Trinajstić information content (AvgIpc) is 2.83. The van der Waals surface area contributed by atoms with E-state index in [4.69, 9.17) is 4.84 Å². The summed E-state index contributed by atoms with van der Waals surface area (Å²) in [6.45, 7) is 5.14. The van der Waals surface area contributed by atoms with Gasteiger partial charge >= 0.3 is 0 Å². The zero-order valence-electron chi connectivity index (χ0n) is 9.69. The predicted molar refractivity (Wildman–Crippen MR) is 64.9 cm³/mol. The Balaban J connectivity index is 1.52. The molecule has 1 aliphatic rings. The molecule has 1 fully saturated rings. The Morgan fingerprint density at radius 2 is 1.88 bits per heavy atom. The maximum absolute atomic E-state index is 5.40. The van der Waals surface area contributed by atoms with Gasteiger partial charge in [0, 0.05) is 13.1 Å². The molecule has 2 rings (SSSR count). The van der Waals surface area contributed by atoms with Gasteiger partial charge < -0.3 is 4.90 Å². The van der Waals surface area contributed by atoms with E-state index in [2.05, 4.69) is 22.5 Å². The van der Waals surface area contributed by atoms with Crippen LogP contribution >= 0.6 is 0 Å². The van der Waals surface area contributed by atoms with E-state index in [0.717, 1.165) is 13.1 Å². The lowest BCUT2D eigenvalue weighted by molar-refractivity contribution is 0.0241. The van der Waals surface area contributed by atoms with E-state index in [1.807, 2.05) is 18.2 Å². The highest BCUT2D eigenvalue weighted by atomic mass is 16.6. The molecule has 0 aliphatic carbocycles. The average molecular weight is 220 g/mol. The first-order valence-electron chi connectivity index (χ1n) is 6.06. The van der Waals surface area contributed by atoms with Gasteiger partial charge in [0.2, 0.25) is 0 Å². The lowest BCUT2D eigenvalue weighted by Crippen LogP contribution is -2.29. The largest absolute Gasteiger partial charge is 0.302 e. The Bertz CT molecular complexity index is 283. The van der Waals surface area contributed by atoms with Gasteiger partial charge in [0.05, 0.1) is 6.61 Å². The Kier molecular flexibility index (Phi) is 4.80. The predicted octanol–water partition coefficient (Wildman–Crippen LogP) is 1.80. The van der Waals surface area contributed by atoms with Crippen LogP contribution in [-0.4, -0.2) is 31.1 Å². The number of hydroxylamine groups is 1. The molecule has 1 saturated heterocycles. The molecule has 1 N–H and O–H groups in total. The van der Waals surface area contributed by atoms with E-state index < -0.39 is 0 Å². The van der Waals surface area contributed by atoms with Crippen LogP contribution in [0.2, 0.25) is 0 Å². The maximum atomic E-state index is 5.40. The molecular formula is C13H20N2O. The monoisotopic (exact) mass is 220 g/mol. The Hall–Kier alpha value is -0.900. The van der Waals surface area contributed by atoms with Crippen LogP contribution in [-0.2, 0) is 11.4 Å². The molecule has 3 nitrogen and oxygen atoms in total. The van der Waals surface area contributed by atoms with Gasteiger partial charge in [-0.15, -0.1) is 0 Å². The summed E-state index contributed by atoms with van der Waals surface area (Å²) in [7, 11) is 0. The molecule has 16 heavy (non-hydrogen) atoms. The quantitative estimate of drug-likeness (QED) is 0.584. The van der Waals surface area contributed by atoms with Crippen molar-refractivity contribution in [3.63, 3.8) is 0 Å². The van der Waals surface area contributed by atoms with Crippen LogP contribution in [0.5, 0.6) is 0 Å². The van der Waals surface area contributed by atoms with Crippen molar-refractivity contribution in [2.45, 2.75) is 19.4 Å². The molecule has 1 aromatic carbocycles. The molecule has 0 radical (unpaired) electrons. The normalized spacial score (nSPS) is 16.8. The molecular weight excluding hydrogens is 200 g/mol. The van der Waals surface area contributed by atoms with E-state index in [1.165, 1.54) is 31.5 Å². The van der Waals surface area contributed by atoms with Crippen molar-refractivity contribution in [2.24, 2.45) is 0 Å². The molecule has 88 valence electrons. The second kappa shape index (κ2) is 6.63. The van der Waals surface area contributed by atoms with Gasteiger partial charge in [0.25, 0.3) is 0 Å².